The van der Waals surface area contributed by atoms with Gasteiger partial charge in [0, 0.05) is 19.2 Å². The summed E-state index contributed by atoms with van der Waals surface area (Å²) < 4.78 is 37.1. The molecule has 0 unspecified atom stereocenters. The van der Waals surface area contributed by atoms with Crippen LogP contribution in [-0.2, 0) is 26.2 Å². The average molecular weight is 520 g/mol. The van der Waals surface area contributed by atoms with Gasteiger partial charge >= 0.3 is 0 Å². The number of methoxy groups -OCH3 is 2. The van der Waals surface area contributed by atoms with Crippen LogP contribution in [0.25, 0.3) is 0 Å². The van der Waals surface area contributed by atoms with E-state index in [1.165, 1.54) is 25.2 Å². The number of sulfonamides is 1. The van der Waals surface area contributed by atoms with Gasteiger partial charge in [-0.1, -0.05) is 38.1 Å². The van der Waals surface area contributed by atoms with E-state index in [4.69, 9.17) is 9.47 Å². The minimum Gasteiger partial charge on any atom is -0.493 e. The van der Waals surface area contributed by atoms with Gasteiger partial charge in [0.2, 0.25) is 21.8 Å². The van der Waals surface area contributed by atoms with Gasteiger partial charge in [-0.3, -0.25) is 13.9 Å². The molecule has 2 aromatic rings. The number of carbonyl (C=O) groups is 2. The molecule has 0 aliphatic rings. The van der Waals surface area contributed by atoms with Crippen LogP contribution in [0.2, 0.25) is 0 Å². The van der Waals surface area contributed by atoms with Crippen molar-refractivity contribution < 1.29 is 27.5 Å². The Bertz CT molecular complexity index is 1150. The SMILES string of the molecule is CCCNC(=O)[C@H](CC)N(Cc1ccccc1C)C(=O)CN(c1ccc(OC)c(OC)c1)S(C)(=O)=O. The van der Waals surface area contributed by atoms with Gasteiger partial charge in [0.1, 0.15) is 12.6 Å². The lowest BCUT2D eigenvalue weighted by atomic mass is 10.1. The summed E-state index contributed by atoms with van der Waals surface area (Å²) in [5.74, 6) is 0.00867. The van der Waals surface area contributed by atoms with Crippen LogP contribution in [-0.4, -0.2) is 64.7 Å². The zero-order chi connectivity index (χ0) is 26.9. The number of nitrogens with zero attached hydrogens (tertiary/aromatic N) is 2. The fourth-order valence-corrected chi connectivity index (χ4v) is 4.69. The van der Waals surface area contributed by atoms with Crippen molar-refractivity contribution in [2.24, 2.45) is 0 Å². The molecule has 0 radical (unpaired) electrons. The molecular weight excluding hydrogens is 482 g/mol. The summed E-state index contributed by atoms with van der Waals surface area (Å²) in [5, 5.41) is 2.87. The minimum atomic E-state index is -3.85. The molecule has 1 atom stereocenters. The Kier molecular flexibility index (Phi) is 10.6. The van der Waals surface area contributed by atoms with Gasteiger partial charge in [0.05, 0.1) is 26.2 Å². The smallest absolute Gasteiger partial charge is 0.244 e. The second kappa shape index (κ2) is 13.2. The molecule has 0 aromatic heterocycles. The number of hydrogen-bond donors (Lipinski definition) is 1. The number of nitrogens with one attached hydrogen (secondary N) is 1. The topological polar surface area (TPSA) is 105 Å². The van der Waals surface area contributed by atoms with Crippen molar-refractivity contribution in [3.8, 4) is 11.5 Å². The van der Waals surface area contributed by atoms with Gasteiger partial charge in [-0.2, -0.15) is 0 Å². The molecule has 198 valence electrons. The van der Waals surface area contributed by atoms with Gasteiger partial charge in [0.15, 0.2) is 11.5 Å². The van der Waals surface area contributed by atoms with E-state index in [1.54, 1.807) is 12.1 Å². The van der Waals surface area contributed by atoms with Crippen LogP contribution >= 0.6 is 0 Å². The number of aryl methyl sites for hydroxylation is 1. The first-order valence-electron chi connectivity index (χ1n) is 11.9. The van der Waals surface area contributed by atoms with E-state index in [0.29, 0.717) is 24.5 Å². The van der Waals surface area contributed by atoms with Crippen LogP contribution in [0.5, 0.6) is 11.5 Å². The molecule has 2 aromatic carbocycles. The highest BCUT2D eigenvalue weighted by molar-refractivity contribution is 7.92. The first-order valence-corrected chi connectivity index (χ1v) is 13.7. The highest BCUT2D eigenvalue weighted by Crippen LogP contribution is 2.32. The average Bonchev–Trinajstić information content (AvgIpc) is 2.85. The summed E-state index contributed by atoms with van der Waals surface area (Å²) in [6.07, 6.45) is 2.17. The lowest BCUT2D eigenvalue weighted by Gasteiger charge is -2.33. The van der Waals surface area contributed by atoms with Gasteiger partial charge in [-0.05, 0) is 43.0 Å². The van der Waals surface area contributed by atoms with Crippen LogP contribution in [0, 0.1) is 6.92 Å². The Morgan fingerprint density at radius 3 is 2.25 bits per heavy atom. The molecule has 0 saturated heterocycles. The molecule has 36 heavy (non-hydrogen) atoms. The lowest BCUT2D eigenvalue weighted by Crippen LogP contribution is -2.52. The first kappa shape index (κ1) is 29.0. The maximum absolute atomic E-state index is 13.7. The highest BCUT2D eigenvalue weighted by atomic mass is 32.2. The number of amides is 2. The fraction of sp³-hybridized carbons (Fsp3) is 0.462. The Balaban J connectivity index is 2.48. The molecule has 10 heteroatoms. The van der Waals surface area contributed by atoms with Crippen LogP contribution < -0.4 is 19.1 Å². The fourth-order valence-electron chi connectivity index (χ4n) is 3.85. The van der Waals surface area contributed by atoms with E-state index in [1.807, 2.05) is 45.0 Å². The van der Waals surface area contributed by atoms with E-state index in [0.717, 1.165) is 28.1 Å². The molecule has 0 heterocycles. The highest BCUT2D eigenvalue weighted by Gasteiger charge is 2.32. The van der Waals surface area contributed by atoms with Crippen LogP contribution in [0.1, 0.15) is 37.8 Å². The Morgan fingerprint density at radius 2 is 1.69 bits per heavy atom. The van der Waals surface area contributed by atoms with Crippen molar-refractivity contribution in [3.05, 3.63) is 53.6 Å². The van der Waals surface area contributed by atoms with Crippen LogP contribution in [0.15, 0.2) is 42.5 Å². The third kappa shape index (κ3) is 7.36. The number of hydrogen-bond acceptors (Lipinski definition) is 6. The van der Waals surface area contributed by atoms with Crippen molar-refractivity contribution in [1.82, 2.24) is 10.2 Å². The second-order valence-electron chi connectivity index (χ2n) is 8.47. The molecule has 0 bridgehead atoms. The number of rotatable bonds is 13. The van der Waals surface area contributed by atoms with Crippen LogP contribution in [0.4, 0.5) is 5.69 Å². The standard InChI is InChI=1S/C26H37N3O6S/c1-7-15-27-26(31)22(8-2)28(17-20-12-10-9-11-19(20)3)25(30)18-29(36(6,32)33)21-13-14-23(34-4)24(16-21)35-5/h9-14,16,22H,7-8,15,17-18H2,1-6H3,(H,27,31)/t22-/m0/s1. The Labute approximate surface area is 214 Å². The lowest BCUT2D eigenvalue weighted by molar-refractivity contribution is -0.140. The van der Waals surface area contributed by atoms with E-state index in [2.05, 4.69) is 5.32 Å². The van der Waals surface area contributed by atoms with Crippen molar-refractivity contribution in [1.29, 1.82) is 0 Å². The molecule has 9 nitrogen and oxygen atoms in total. The van der Waals surface area contributed by atoms with E-state index in [9.17, 15) is 18.0 Å². The third-order valence-corrected chi connectivity index (χ3v) is 7.01. The number of anilines is 1. The second-order valence-corrected chi connectivity index (χ2v) is 10.4. The largest absolute Gasteiger partial charge is 0.493 e. The quantitative estimate of drug-likeness (QED) is 0.436. The molecule has 0 fully saturated rings. The van der Waals surface area contributed by atoms with Gasteiger partial charge in [-0.25, -0.2) is 8.42 Å². The van der Waals surface area contributed by atoms with Crippen molar-refractivity contribution in [2.75, 3.05) is 37.9 Å². The summed E-state index contributed by atoms with van der Waals surface area (Å²) in [6, 6.07) is 11.5. The molecule has 2 rings (SSSR count). The predicted octanol–water partition coefficient (Wildman–Crippen LogP) is 3.11. The number of benzene rings is 2. The Hall–Kier alpha value is -3.27. The normalized spacial score (nSPS) is 11.9. The minimum absolute atomic E-state index is 0.174. The number of carbonyl (C=O) groups excluding carboxylic acids is 2. The molecule has 2 amide bonds. The summed E-state index contributed by atoms with van der Waals surface area (Å²) in [5.41, 5.74) is 2.10. The van der Waals surface area contributed by atoms with Crippen LogP contribution in [0.3, 0.4) is 0 Å². The molecule has 1 N–H and O–H groups in total. The van der Waals surface area contributed by atoms with Gasteiger partial charge in [0.25, 0.3) is 0 Å². The van der Waals surface area contributed by atoms with Gasteiger partial charge in [-0.15, -0.1) is 0 Å². The predicted molar refractivity (Wildman–Crippen MR) is 141 cm³/mol. The monoisotopic (exact) mass is 519 g/mol. The first-order chi connectivity index (χ1) is 17.1. The maximum Gasteiger partial charge on any atom is 0.244 e. The van der Waals surface area contributed by atoms with E-state index in [-0.39, 0.29) is 18.1 Å². The van der Waals surface area contributed by atoms with Crippen molar-refractivity contribution in [2.45, 2.75) is 46.2 Å². The van der Waals surface area contributed by atoms with Gasteiger partial charge < -0.3 is 19.7 Å². The third-order valence-electron chi connectivity index (χ3n) is 5.87. The summed E-state index contributed by atoms with van der Waals surface area (Å²) in [6.45, 7) is 5.90. The zero-order valence-corrected chi connectivity index (χ0v) is 22.7. The summed E-state index contributed by atoms with van der Waals surface area (Å²) in [4.78, 5) is 28.2. The molecule has 0 saturated carbocycles. The summed E-state index contributed by atoms with van der Waals surface area (Å²) >= 11 is 0. The van der Waals surface area contributed by atoms with Crippen molar-refractivity contribution >= 4 is 27.5 Å². The zero-order valence-electron chi connectivity index (χ0n) is 21.9. The Morgan fingerprint density at radius 1 is 1.03 bits per heavy atom. The molecule has 0 aliphatic carbocycles. The molecular formula is C26H37N3O6S. The number of ether oxygens (including phenoxy) is 2. The maximum atomic E-state index is 13.7. The molecule has 0 aliphatic heterocycles. The molecule has 0 spiro atoms. The van der Waals surface area contributed by atoms with E-state index < -0.39 is 28.5 Å². The van der Waals surface area contributed by atoms with Crippen molar-refractivity contribution in [3.63, 3.8) is 0 Å². The summed E-state index contributed by atoms with van der Waals surface area (Å²) in [7, 11) is -0.924. The van der Waals surface area contributed by atoms with E-state index >= 15 is 0 Å².